The Morgan fingerprint density at radius 2 is 1.75 bits per heavy atom. The van der Waals surface area contributed by atoms with Crippen LogP contribution in [0.15, 0.2) is 52.3 Å². The van der Waals surface area contributed by atoms with E-state index >= 15 is 0 Å². The molecule has 9 heteroatoms. The first-order chi connectivity index (χ1) is 11.3. The largest absolute Gasteiger partial charge is 0.480 e. The van der Waals surface area contributed by atoms with Crippen LogP contribution in [-0.2, 0) is 14.8 Å². The maximum atomic E-state index is 12.8. The van der Waals surface area contributed by atoms with Crippen molar-refractivity contribution in [2.45, 2.75) is 9.79 Å². The minimum Gasteiger partial charge on any atom is -0.480 e. The minimum absolute atomic E-state index is 0.00683. The maximum absolute atomic E-state index is 12.8. The molecule has 0 fully saturated rings. The number of hydrogen-bond acceptors (Lipinski definition) is 4. The van der Waals surface area contributed by atoms with E-state index in [0.29, 0.717) is 0 Å². The van der Waals surface area contributed by atoms with E-state index in [1.165, 1.54) is 42.1 Å². The number of aliphatic carboxylic acids is 1. The molecule has 2 rings (SSSR count). The van der Waals surface area contributed by atoms with Crippen LogP contribution < -0.4 is 4.31 Å². The summed E-state index contributed by atoms with van der Waals surface area (Å²) in [4.78, 5) is 12.0. The molecule has 128 valence electrons. The number of nitrogens with zero attached hydrogens (tertiary/aromatic N) is 1. The highest BCUT2D eigenvalue weighted by atomic mass is 35.5. The van der Waals surface area contributed by atoms with Gasteiger partial charge in [0.15, 0.2) is 0 Å². The van der Waals surface area contributed by atoms with Gasteiger partial charge in [-0.05, 0) is 48.7 Å². The van der Waals surface area contributed by atoms with Gasteiger partial charge in [-0.3, -0.25) is 9.10 Å². The summed E-state index contributed by atoms with van der Waals surface area (Å²) < 4.78 is 26.5. The summed E-state index contributed by atoms with van der Waals surface area (Å²) in [6, 6.07) is 10.3. The summed E-state index contributed by atoms with van der Waals surface area (Å²) in [5.74, 6) is -1.29. The molecular formula is C15H13Cl2NO4S2. The summed E-state index contributed by atoms with van der Waals surface area (Å²) in [5.41, 5.74) is 0.126. The van der Waals surface area contributed by atoms with Gasteiger partial charge in [-0.1, -0.05) is 23.2 Å². The zero-order valence-electron chi connectivity index (χ0n) is 12.4. The Bertz CT molecular complexity index is 854. The number of carboxylic acid groups (broad SMARTS) is 1. The van der Waals surface area contributed by atoms with Crippen molar-refractivity contribution in [2.75, 3.05) is 17.1 Å². The van der Waals surface area contributed by atoms with Gasteiger partial charge in [-0.2, -0.15) is 0 Å². The van der Waals surface area contributed by atoms with Crippen molar-refractivity contribution in [1.29, 1.82) is 0 Å². The molecule has 0 radical (unpaired) electrons. The van der Waals surface area contributed by atoms with E-state index in [1.54, 1.807) is 12.1 Å². The predicted octanol–water partition coefficient (Wildman–Crippen LogP) is 4.00. The Hall–Kier alpha value is -1.41. The Kier molecular flexibility index (Phi) is 6.03. The molecule has 0 saturated carbocycles. The van der Waals surface area contributed by atoms with Gasteiger partial charge in [0, 0.05) is 4.90 Å². The number of carbonyl (C=O) groups is 1. The third-order valence-corrected chi connectivity index (χ3v) is 6.39. The molecule has 2 aromatic carbocycles. The molecule has 0 amide bonds. The summed E-state index contributed by atoms with van der Waals surface area (Å²) in [5, 5.41) is 9.48. The second-order valence-corrected chi connectivity index (χ2v) is 8.24. The van der Waals surface area contributed by atoms with Crippen LogP contribution in [-0.4, -0.2) is 32.3 Å². The first-order valence-electron chi connectivity index (χ1n) is 6.59. The van der Waals surface area contributed by atoms with Crippen molar-refractivity contribution in [3.05, 3.63) is 52.5 Å². The zero-order chi connectivity index (χ0) is 17.9. The highest BCUT2D eigenvalue weighted by Gasteiger charge is 2.27. The van der Waals surface area contributed by atoms with Crippen LogP contribution in [0.4, 0.5) is 5.69 Å². The number of carboxylic acids is 1. The lowest BCUT2D eigenvalue weighted by Gasteiger charge is -2.23. The second kappa shape index (κ2) is 7.65. The maximum Gasteiger partial charge on any atom is 0.324 e. The SMILES string of the molecule is CSc1ccc(S(=O)(=O)N(CC(=O)O)c2ccc(Cl)c(Cl)c2)cc1. The van der Waals surface area contributed by atoms with Gasteiger partial charge in [0.1, 0.15) is 6.54 Å². The van der Waals surface area contributed by atoms with Crippen LogP contribution in [0.25, 0.3) is 0 Å². The zero-order valence-corrected chi connectivity index (χ0v) is 15.6. The van der Waals surface area contributed by atoms with Crippen LogP contribution in [0.1, 0.15) is 0 Å². The normalized spacial score (nSPS) is 11.3. The second-order valence-electron chi connectivity index (χ2n) is 4.68. The first kappa shape index (κ1) is 18.9. The molecular weight excluding hydrogens is 393 g/mol. The van der Waals surface area contributed by atoms with E-state index in [-0.39, 0.29) is 20.6 Å². The fourth-order valence-electron chi connectivity index (χ4n) is 1.95. The Morgan fingerprint density at radius 1 is 1.12 bits per heavy atom. The molecule has 0 unspecified atom stereocenters. The van der Waals surface area contributed by atoms with Crippen LogP contribution in [0.3, 0.4) is 0 Å². The van der Waals surface area contributed by atoms with Gasteiger partial charge < -0.3 is 5.11 Å². The van der Waals surface area contributed by atoms with Crippen LogP contribution in [0.5, 0.6) is 0 Å². The molecule has 0 aliphatic heterocycles. The number of thioether (sulfide) groups is 1. The topological polar surface area (TPSA) is 74.7 Å². The molecule has 0 heterocycles. The molecule has 24 heavy (non-hydrogen) atoms. The molecule has 5 nitrogen and oxygen atoms in total. The molecule has 0 bridgehead atoms. The van der Waals surface area contributed by atoms with Crippen molar-refractivity contribution < 1.29 is 18.3 Å². The molecule has 0 atom stereocenters. The Morgan fingerprint density at radius 3 is 2.25 bits per heavy atom. The molecule has 2 aromatic rings. The van der Waals surface area contributed by atoms with E-state index in [9.17, 15) is 13.2 Å². The lowest BCUT2D eigenvalue weighted by Crippen LogP contribution is -2.35. The summed E-state index contributed by atoms with van der Waals surface area (Å²) >= 11 is 13.2. The van der Waals surface area contributed by atoms with Crippen LogP contribution >= 0.6 is 35.0 Å². The highest BCUT2D eigenvalue weighted by Crippen LogP contribution is 2.30. The molecule has 0 aliphatic rings. The van der Waals surface area contributed by atoms with E-state index < -0.39 is 22.5 Å². The summed E-state index contributed by atoms with van der Waals surface area (Å²) in [6.45, 7) is -0.732. The van der Waals surface area contributed by atoms with Gasteiger partial charge in [0.2, 0.25) is 0 Å². The molecule has 0 spiro atoms. The van der Waals surface area contributed by atoms with Gasteiger partial charge in [-0.15, -0.1) is 11.8 Å². The van der Waals surface area contributed by atoms with Gasteiger partial charge >= 0.3 is 5.97 Å². The third-order valence-electron chi connectivity index (χ3n) is 3.12. The van der Waals surface area contributed by atoms with E-state index in [0.717, 1.165) is 9.20 Å². The standard InChI is InChI=1S/C15H13Cl2NO4S2/c1-23-11-3-5-12(6-4-11)24(21,22)18(9-15(19)20)10-2-7-13(16)14(17)8-10/h2-8H,9H2,1H3,(H,19,20). The van der Waals surface area contributed by atoms with Crippen molar-refractivity contribution in [2.24, 2.45) is 0 Å². The quantitative estimate of drug-likeness (QED) is 0.735. The van der Waals surface area contributed by atoms with Gasteiger partial charge in [0.05, 0.1) is 20.6 Å². The molecule has 0 aliphatic carbocycles. The third kappa shape index (κ3) is 4.16. The molecule has 1 N–H and O–H groups in total. The highest BCUT2D eigenvalue weighted by molar-refractivity contribution is 7.98. The summed E-state index contributed by atoms with van der Waals surface area (Å²) in [6.07, 6.45) is 1.87. The number of halogens is 2. The molecule has 0 saturated heterocycles. The summed E-state index contributed by atoms with van der Waals surface area (Å²) in [7, 11) is -4.06. The number of anilines is 1. The number of benzene rings is 2. The lowest BCUT2D eigenvalue weighted by molar-refractivity contribution is -0.135. The fourth-order valence-corrected chi connectivity index (χ4v) is 4.06. The lowest BCUT2D eigenvalue weighted by atomic mass is 10.3. The number of rotatable bonds is 6. The fraction of sp³-hybridized carbons (Fsp3) is 0.133. The van der Waals surface area contributed by atoms with Crippen molar-refractivity contribution >= 4 is 56.6 Å². The Labute approximate surface area is 154 Å². The van der Waals surface area contributed by atoms with Crippen molar-refractivity contribution in [3.63, 3.8) is 0 Å². The Balaban J connectivity index is 2.52. The first-order valence-corrected chi connectivity index (χ1v) is 10.0. The van der Waals surface area contributed by atoms with E-state index in [2.05, 4.69) is 0 Å². The van der Waals surface area contributed by atoms with Crippen molar-refractivity contribution in [1.82, 2.24) is 0 Å². The minimum atomic E-state index is -4.06. The van der Waals surface area contributed by atoms with Crippen LogP contribution in [0.2, 0.25) is 10.0 Å². The van der Waals surface area contributed by atoms with Gasteiger partial charge in [0.25, 0.3) is 10.0 Å². The van der Waals surface area contributed by atoms with E-state index in [4.69, 9.17) is 28.3 Å². The predicted molar refractivity (Wildman–Crippen MR) is 96.9 cm³/mol. The number of hydrogen-bond donors (Lipinski definition) is 1. The van der Waals surface area contributed by atoms with Crippen molar-refractivity contribution in [3.8, 4) is 0 Å². The smallest absolute Gasteiger partial charge is 0.324 e. The average Bonchev–Trinajstić information content (AvgIpc) is 2.55. The number of sulfonamides is 1. The molecule has 0 aromatic heterocycles. The van der Waals surface area contributed by atoms with E-state index in [1.807, 2.05) is 6.26 Å². The monoisotopic (exact) mass is 405 g/mol. The average molecular weight is 406 g/mol. The van der Waals surface area contributed by atoms with Crippen LogP contribution in [0, 0.1) is 0 Å². The van der Waals surface area contributed by atoms with Gasteiger partial charge in [-0.25, -0.2) is 8.42 Å².